The fourth-order valence-electron chi connectivity index (χ4n) is 3.82. The Morgan fingerprint density at radius 3 is 2.71 bits per heavy atom. The lowest BCUT2D eigenvalue weighted by Gasteiger charge is -2.48. The number of anilines is 1. The summed E-state index contributed by atoms with van der Waals surface area (Å²) in [5.41, 5.74) is -0.0830. The number of methoxy groups -OCH3 is 1. The van der Waals surface area contributed by atoms with E-state index in [1.165, 1.54) is 12.0 Å². The van der Waals surface area contributed by atoms with Crippen molar-refractivity contribution in [3.8, 4) is 0 Å². The number of carboxylic acid groups (broad SMARTS) is 1. The molecule has 150 valence electrons. The number of benzene rings is 1. The maximum Gasteiger partial charge on any atom is 0.326 e. The second-order valence-electron chi connectivity index (χ2n) is 7.09. The van der Waals surface area contributed by atoms with Gasteiger partial charge < -0.3 is 20.1 Å². The van der Waals surface area contributed by atoms with Gasteiger partial charge in [-0.25, -0.2) is 4.79 Å². The predicted octanol–water partition coefficient (Wildman–Crippen LogP) is 0.591. The molecule has 1 aromatic rings. The highest BCUT2D eigenvalue weighted by Gasteiger charge is 2.53. The lowest BCUT2D eigenvalue weighted by Crippen LogP contribution is -2.64. The first-order chi connectivity index (χ1) is 13.3. The van der Waals surface area contributed by atoms with Crippen LogP contribution in [0.5, 0.6) is 0 Å². The Morgan fingerprint density at radius 1 is 1.32 bits per heavy atom. The fourth-order valence-corrected chi connectivity index (χ4v) is 3.82. The van der Waals surface area contributed by atoms with Crippen molar-refractivity contribution in [3.63, 3.8) is 0 Å². The van der Waals surface area contributed by atoms with E-state index in [4.69, 9.17) is 4.74 Å². The molecule has 0 radical (unpaired) electrons. The van der Waals surface area contributed by atoms with Crippen molar-refractivity contribution in [2.45, 2.75) is 37.9 Å². The standard InChI is InChI=1S/C19H23N3O6/c1-19-9-7-16(24)22(19)14-6-4-3-5-12(14)17(25)21(19)11-15(23)20-13(18(26)27)8-10-28-2/h3-6,13H,7-11H2,1-2H3,(H,20,23)(H,26,27). The number of amides is 3. The van der Waals surface area contributed by atoms with E-state index >= 15 is 0 Å². The van der Waals surface area contributed by atoms with Crippen LogP contribution in [-0.4, -0.2) is 65.7 Å². The number of carbonyl (C=O) groups excluding carboxylic acids is 3. The van der Waals surface area contributed by atoms with Crippen molar-refractivity contribution >= 4 is 29.4 Å². The molecule has 9 nitrogen and oxygen atoms in total. The van der Waals surface area contributed by atoms with Crippen LogP contribution in [0.3, 0.4) is 0 Å². The number of para-hydroxylation sites is 1. The summed E-state index contributed by atoms with van der Waals surface area (Å²) < 4.78 is 4.87. The van der Waals surface area contributed by atoms with E-state index in [2.05, 4.69) is 5.32 Å². The molecule has 0 saturated carbocycles. The molecule has 2 aliphatic rings. The molecule has 3 amide bonds. The normalized spacial score (nSPS) is 21.9. The number of nitrogens with zero attached hydrogens (tertiary/aromatic N) is 2. The van der Waals surface area contributed by atoms with E-state index in [1.807, 2.05) is 0 Å². The number of hydrogen-bond acceptors (Lipinski definition) is 5. The lowest BCUT2D eigenvalue weighted by molar-refractivity contribution is -0.142. The summed E-state index contributed by atoms with van der Waals surface area (Å²) in [7, 11) is 1.44. The Balaban J connectivity index is 1.85. The van der Waals surface area contributed by atoms with Crippen LogP contribution < -0.4 is 10.2 Å². The third kappa shape index (κ3) is 3.33. The van der Waals surface area contributed by atoms with E-state index in [9.17, 15) is 24.3 Å². The molecule has 28 heavy (non-hydrogen) atoms. The van der Waals surface area contributed by atoms with Crippen LogP contribution in [0.15, 0.2) is 24.3 Å². The molecule has 0 aromatic heterocycles. The molecule has 0 spiro atoms. The smallest absolute Gasteiger partial charge is 0.326 e. The van der Waals surface area contributed by atoms with Gasteiger partial charge in [-0.2, -0.15) is 0 Å². The third-order valence-corrected chi connectivity index (χ3v) is 5.29. The zero-order valence-corrected chi connectivity index (χ0v) is 15.8. The number of nitrogens with one attached hydrogen (secondary N) is 1. The number of fused-ring (bicyclic) bond motifs is 3. The van der Waals surface area contributed by atoms with Gasteiger partial charge in [0, 0.05) is 26.6 Å². The molecule has 2 heterocycles. The molecular weight excluding hydrogens is 366 g/mol. The molecule has 2 N–H and O–H groups in total. The molecule has 3 rings (SSSR count). The van der Waals surface area contributed by atoms with Crippen LogP contribution in [0.2, 0.25) is 0 Å². The van der Waals surface area contributed by atoms with Crippen molar-refractivity contribution in [1.82, 2.24) is 10.2 Å². The summed E-state index contributed by atoms with van der Waals surface area (Å²) in [5.74, 6) is -2.25. The summed E-state index contributed by atoms with van der Waals surface area (Å²) in [4.78, 5) is 52.4. The Kier molecular flexibility index (Phi) is 5.37. The van der Waals surface area contributed by atoms with Crippen LogP contribution in [0, 0.1) is 0 Å². The van der Waals surface area contributed by atoms with Crippen LogP contribution in [-0.2, 0) is 19.1 Å². The van der Waals surface area contributed by atoms with Crippen molar-refractivity contribution in [2.75, 3.05) is 25.2 Å². The Labute approximate surface area is 162 Å². The van der Waals surface area contributed by atoms with Gasteiger partial charge in [-0.3, -0.25) is 19.3 Å². The third-order valence-electron chi connectivity index (χ3n) is 5.29. The molecular formula is C19H23N3O6. The largest absolute Gasteiger partial charge is 0.480 e. The van der Waals surface area contributed by atoms with E-state index < -0.39 is 23.6 Å². The maximum atomic E-state index is 13.1. The minimum Gasteiger partial charge on any atom is -0.480 e. The molecule has 1 aromatic carbocycles. The molecule has 2 unspecified atom stereocenters. The molecule has 0 aliphatic carbocycles. The van der Waals surface area contributed by atoms with Crippen molar-refractivity contribution in [2.24, 2.45) is 0 Å². The van der Waals surface area contributed by atoms with Gasteiger partial charge in [0.15, 0.2) is 0 Å². The zero-order chi connectivity index (χ0) is 20.5. The quantitative estimate of drug-likeness (QED) is 0.705. The van der Waals surface area contributed by atoms with Gasteiger partial charge in [-0.15, -0.1) is 0 Å². The summed E-state index contributed by atoms with van der Waals surface area (Å²) in [5, 5.41) is 11.7. The van der Waals surface area contributed by atoms with Gasteiger partial charge in [-0.05, 0) is 25.5 Å². The first-order valence-corrected chi connectivity index (χ1v) is 9.04. The first-order valence-electron chi connectivity index (χ1n) is 9.04. The number of carboxylic acids is 1. The van der Waals surface area contributed by atoms with Gasteiger partial charge in [-0.1, -0.05) is 12.1 Å². The molecule has 2 aliphatic heterocycles. The number of ether oxygens (including phenoxy) is 1. The van der Waals surface area contributed by atoms with Gasteiger partial charge in [0.1, 0.15) is 18.2 Å². The molecule has 9 heteroatoms. The van der Waals surface area contributed by atoms with E-state index in [-0.39, 0.29) is 37.8 Å². The number of hydrogen-bond donors (Lipinski definition) is 2. The van der Waals surface area contributed by atoms with Crippen molar-refractivity contribution in [1.29, 1.82) is 0 Å². The molecule has 1 saturated heterocycles. The minimum atomic E-state index is -1.18. The van der Waals surface area contributed by atoms with Crippen LogP contribution >= 0.6 is 0 Å². The van der Waals surface area contributed by atoms with Crippen LogP contribution in [0.1, 0.15) is 36.5 Å². The summed E-state index contributed by atoms with van der Waals surface area (Å²) in [6.45, 7) is 1.58. The lowest BCUT2D eigenvalue weighted by atomic mass is 9.98. The average Bonchev–Trinajstić information content (AvgIpc) is 2.97. The topological polar surface area (TPSA) is 116 Å². The van der Waals surface area contributed by atoms with E-state index in [0.717, 1.165) is 0 Å². The minimum absolute atomic E-state index is 0.107. The summed E-state index contributed by atoms with van der Waals surface area (Å²) in [6, 6.07) is 5.68. The Bertz CT molecular complexity index is 826. The Morgan fingerprint density at radius 2 is 2.04 bits per heavy atom. The van der Waals surface area contributed by atoms with Gasteiger partial charge >= 0.3 is 5.97 Å². The zero-order valence-electron chi connectivity index (χ0n) is 15.8. The second kappa shape index (κ2) is 7.59. The number of rotatable bonds is 7. The van der Waals surface area contributed by atoms with Crippen molar-refractivity contribution < 1.29 is 29.0 Å². The number of carbonyl (C=O) groups is 4. The monoisotopic (exact) mass is 389 g/mol. The summed E-state index contributed by atoms with van der Waals surface area (Å²) >= 11 is 0. The van der Waals surface area contributed by atoms with Crippen LogP contribution in [0.4, 0.5) is 5.69 Å². The fraction of sp³-hybridized carbons (Fsp3) is 0.474. The summed E-state index contributed by atoms with van der Waals surface area (Å²) in [6.07, 6.45) is 0.767. The first kappa shape index (κ1) is 19.8. The molecule has 1 fully saturated rings. The van der Waals surface area contributed by atoms with E-state index in [0.29, 0.717) is 17.7 Å². The maximum absolute atomic E-state index is 13.1. The highest BCUT2D eigenvalue weighted by atomic mass is 16.5. The van der Waals surface area contributed by atoms with Gasteiger partial charge in [0.2, 0.25) is 11.8 Å². The molecule has 0 bridgehead atoms. The molecule has 2 atom stereocenters. The predicted molar refractivity (Wildman–Crippen MR) is 98.7 cm³/mol. The van der Waals surface area contributed by atoms with Crippen LogP contribution in [0.25, 0.3) is 0 Å². The highest BCUT2D eigenvalue weighted by molar-refractivity contribution is 6.11. The van der Waals surface area contributed by atoms with Gasteiger partial charge in [0.25, 0.3) is 5.91 Å². The Hall–Kier alpha value is -2.94. The SMILES string of the molecule is COCCC(NC(=O)CN1C(=O)c2ccccc2N2C(=O)CCC12C)C(=O)O. The van der Waals surface area contributed by atoms with Crippen molar-refractivity contribution in [3.05, 3.63) is 29.8 Å². The number of aliphatic carboxylic acids is 1. The second-order valence-corrected chi connectivity index (χ2v) is 7.09. The highest BCUT2D eigenvalue weighted by Crippen LogP contribution is 2.43. The average molecular weight is 389 g/mol. The van der Waals surface area contributed by atoms with Gasteiger partial charge in [0.05, 0.1) is 11.3 Å². The van der Waals surface area contributed by atoms with E-state index in [1.54, 1.807) is 36.1 Å².